The van der Waals surface area contributed by atoms with Crippen LogP contribution in [0, 0.1) is 5.92 Å². The summed E-state index contributed by atoms with van der Waals surface area (Å²) in [4.78, 5) is 4.28. The molecule has 0 unspecified atom stereocenters. The van der Waals surface area contributed by atoms with Crippen LogP contribution in [0.3, 0.4) is 0 Å². The summed E-state index contributed by atoms with van der Waals surface area (Å²) in [6.45, 7) is 6.65. The number of halogens is 1. The molecular weight excluding hydrogens is 330 g/mol. The average molecular weight is 352 g/mol. The van der Waals surface area contributed by atoms with Gasteiger partial charge in [-0.15, -0.1) is 0 Å². The zero-order valence-electron chi connectivity index (χ0n) is 12.8. The van der Waals surface area contributed by atoms with Gasteiger partial charge < -0.3 is 14.6 Å². The first-order valence-corrected chi connectivity index (χ1v) is 7.94. The Labute approximate surface area is 134 Å². The van der Waals surface area contributed by atoms with E-state index in [1.54, 1.807) is 6.20 Å². The Bertz CT molecular complexity index is 581. The van der Waals surface area contributed by atoms with Gasteiger partial charge in [0.2, 0.25) is 0 Å². The van der Waals surface area contributed by atoms with Crippen LogP contribution in [0.4, 0.5) is 0 Å². The molecule has 4 nitrogen and oxygen atoms in total. The monoisotopic (exact) mass is 351 g/mol. The number of benzene rings is 1. The molecule has 5 heteroatoms. The molecular formula is C16H22BrN3O. The molecule has 0 atom stereocenters. The topological polar surface area (TPSA) is 39.1 Å². The highest BCUT2D eigenvalue weighted by atomic mass is 79.9. The van der Waals surface area contributed by atoms with Gasteiger partial charge in [-0.05, 0) is 34.5 Å². The van der Waals surface area contributed by atoms with Crippen molar-refractivity contribution in [1.29, 1.82) is 0 Å². The average Bonchev–Trinajstić information content (AvgIpc) is 2.83. The highest BCUT2D eigenvalue weighted by Crippen LogP contribution is 2.29. The molecule has 21 heavy (non-hydrogen) atoms. The first-order valence-electron chi connectivity index (χ1n) is 7.15. The molecule has 2 aromatic rings. The van der Waals surface area contributed by atoms with E-state index in [2.05, 4.69) is 46.1 Å². The Hall–Kier alpha value is -1.33. The van der Waals surface area contributed by atoms with Crippen LogP contribution in [0.15, 0.2) is 35.1 Å². The normalized spacial score (nSPS) is 11.1. The molecule has 0 fully saturated rings. The van der Waals surface area contributed by atoms with Crippen LogP contribution in [-0.4, -0.2) is 16.1 Å². The second-order valence-electron chi connectivity index (χ2n) is 5.50. The lowest BCUT2D eigenvalue weighted by Gasteiger charge is -2.14. The minimum absolute atomic E-state index is 0.462. The molecule has 2 rings (SSSR count). The Kier molecular flexibility index (Phi) is 5.82. The smallest absolute Gasteiger partial charge is 0.146 e. The van der Waals surface area contributed by atoms with Crippen molar-refractivity contribution in [1.82, 2.24) is 14.9 Å². The van der Waals surface area contributed by atoms with Crippen LogP contribution >= 0.6 is 15.9 Å². The molecule has 0 aliphatic rings. The van der Waals surface area contributed by atoms with Crippen LogP contribution in [0.25, 0.3) is 0 Å². The zero-order chi connectivity index (χ0) is 15.2. The maximum atomic E-state index is 5.98. The number of ether oxygens (including phenoxy) is 1. The van der Waals surface area contributed by atoms with Crippen LogP contribution in [-0.2, 0) is 20.2 Å². The van der Waals surface area contributed by atoms with E-state index in [4.69, 9.17) is 4.74 Å². The van der Waals surface area contributed by atoms with Gasteiger partial charge in [-0.25, -0.2) is 4.98 Å². The number of nitrogens with zero attached hydrogens (tertiary/aromatic N) is 2. The van der Waals surface area contributed by atoms with Crippen LogP contribution in [0.2, 0.25) is 0 Å². The summed E-state index contributed by atoms with van der Waals surface area (Å²) in [6.07, 6.45) is 3.70. The molecule has 1 aromatic heterocycles. The molecule has 1 aromatic carbocycles. The SMILES string of the molecule is CC(C)CNCc1cccc(Br)c1OCc1nccn1C. The summed E-state index contributed by atoms with van der Waals surface area (Å²) in [5.41, 5.74) is 1.15. The van der Waals surface area contributed by atoms with Crippen LogP contribution < -0.4 is 10.1 Å². The molecule has 0 amide bonds. The Morgan fingerprint density at radius 3 is 2.86 bits per heavy atom. The lowest BCUT2D eigenvalue weighted by Crippen LogP contribution is -2.19. The highest BCUT2D eigenvalue weighted by Gasteiger charge is 2.10. The molecule has 0 bridgehead atoms. The lowest BCUT2D eigenvalue weighted by atomic mass is 10.2. The van der Waals surface area contributed by atoms with Gasteiger partial charge in [0.1, 0.15) is 18.2 Å². The second kappa shape index (κ2) is 7.61. The number of nitrogens with one attached hydrogen (secondary N) is 1. The van der Waals surface area contributed by atoms with Gasteiger partial charge in [0, 0.05) is 31.5 Å². The summed E-state index contributed by atoms with van der Waals surface area (Å²) in [5.74, 6) is 2.43. The Balaban J connectivity index is 2.05. The van der Waals surface area contributed by atoms with E-state index in [0.717, 1.165) is 34.7 Å². The van der Waals surface area contributed by atoms with Crippen molar-refractivity contribution < 1.29 is 4.74 Å². The zero-order valence-corrected chi connectivity index (χ0v) is 14.4. The molecule has 0 saturated heterocycles. The van der Waals surface area contributed by atoms with Crippen molar-refractivity contribution in [2.45, 2.75) is 27.0 Å². The van der Waals surface area contributed by atoms with Gasteiger partial charge in [-0.3, -0.25) is 0 Å². The molecule has 0 spiro atoms. The summed E-state index contributed by atoms with van der Waals surface area (Å²) in [7, 11) is 1.97. The minimum atomic E-state index is 0.462. The van der Waals surface area contributed by atoms with Crippen LogP contribution in [0.5, 0.6) is 5.75 Å². The third kappa shape index (κ3) is 4.58. The number of hydrogen-bond acceptors (Lipinski definition) is 3. The molecule has 0 aliphatic carbocycles. The number of aromatic nitrogens is 2. The van der Waals surface area contributed by atoms with Crippen molar-refractivity contribution >= 4 is 15.9 Å². The standard InChI is InChI=1S/C16H22BrN3O/c1-12(2)9-18-10-13-5-4-6-14(17)16(13)21-11-15-19-7-8-20(15)3/h4-8,12,18H,9-11H2,1-3H3. The predicted molar refractivity (Wildman–Crippen MR) is 88.2 cm³/mol. The molecule has 1 N–H and O–H groups in total. The number of rotatable bonds is 7. The molecule has 0 saturated carbocycles. The van der Waals surface area contributed by atoms with Gasteiger partial charge in [-0.1, -0.05) is 26.0 Å². The fourth-order valence-electron chi connectivity index (χ4n) is 2.02. The summed E-state index contributed by atoms with van der Waals surface area (Å²) in [5, 5.41) is 3.45. The summed E-state index contributed by atoms with van der Waals surface area (Å²) < 4.78 is 8.92. The van der Waals surface area contributed by atoms with Crippen molar-refractivity contribution in [2.75, 3.05) is 6.54 Å². The first-order chi connectivity index (χ1) is 10.1. The molecule has 0 radical (unpaired) electrons. The lowest BCUT2D eigenvalue weighted by molar-refractivity contribution is 0.286. The predicted octanol–water partition coefficient (Wildman–Crippen LogP) is 3.51. The molecule has 0 aliphatic heterocycles. The van der Waals surface area contributed by atoms with Gasteiger partial charge in [0.15, 0.2) is 0 Å². The van der Waals surface area contributed by atoms with E-state index >= 15 is 0 Å². The minimum Gasteiger partial charge on any atom is -0.484 e. The Morgan fingerprint density at radius 2 is 2.19 bits per heavy atom. The van der Waals surface area contributed by atoms with Gasteiger partial charge in [-0.2, -0.15) is 0 Å². The third-order valence-corrected chi connectivity index (χ3v) is 3.81. The van der Waals surface area contributed by atoms with Crippen molar-refractivity contribution in [3.05, 3.63) is 46.5 Å². The van der Waals surface area contributed by atoms with E-state index in [1.807, 2.05) is 29.9 Å². The Morgan fingerprint density at radius 1 is 1.38 bits per heavy atom. The first kappa shape index (κ1) is 16.0. The fourth-order valence-corrected chi connectivity index (χ4v) is 2.54. The van der Waals surface area contributed by atoms with Crippen molar-refractivity contribution in [2.24, 2.45) is 13.0 Å². The van der Waals surface area contributed by atoms with Gasteiger partial charge in [0.05, 0.1) is 4.47 Å². The van der Waals surface area contributed by atoms with E-state index in [-0.39, 0.29) is 0 Å². The number of hydrogen-bond donors (Lipinski definition) is 1. The van der Waals surface area contributed by atoms with E-state index in [9.17, 15) is 0 Å². The van der Waals surface area contributed by atoms with Gasteiger partial charge in [0.25, 0.3) is 0 Å². The largest absolute Gasteiger partial charge is 0.484 e. The summed E-state index contributed by atoms with van der Waals surface area (Å²) >= 11 is 3.57. The van der Waals surface area contributed by atoms with E-state index in [0.29, 0.717) is 12.5 Å². The van der Waals surface area contributed by atoms with E-state index in [1.165, 1.54) is 0 Å². The van der Waals surface area contributed by atoms with Gasteiger partial charge >= 0.3 is 0 Å². The number of aryl methyl sites for hydroxylation is 1. The van der Waals surface area contributed by atoms with E-state index < -0.39 is 0 Å². The second-order valence-corrected chi connectivity index (χ2v) is 6.35. The maximum absolute atomic E-state index is 5.98. The summed E-state index contributed by atoms with van der Waals surface area (Å²) in [6, 6.07) is 6.12. The van der Waals surface area contributed by atoms with Crippen molar-refractivity contribution in [3.8, 4) is 5.75 Å². The fraction of sp³-hybridized carbons (Fsp3) is 0.438. The molecule has 1 heterocycles. The maximum Gasteiger partial charge on any atom is 0.146 e. The number of imidazole rings is 1. The quantitative estimate of drug-likeness (QED) is 0.829. The molecule has 114 valence electrons. The van der Waals surface area contributed by atoms with Crippen LogP contribution in [0.1, 0.15) is 25.2 Å². The number of para-hydroxylation sites is 1. The highest BCUT2D eigenvalue weighted by molar-refractivity contribution is 9.10. The third-order valence-electron chi connectivity index (χ3n) is 3.18. The van der Waals surface area contributed by atoms with Crippen molar-refractivity contribution in [3.63, 3.8) is 0 Å².